The van der Waals surface area contributed by atoms with E-state index in [4.69, 9.17) is 0 Å². The number of nitrogens with one attached hydrogen (secondary N) is 2. The molecule has 0 aliphatic carbocycles. The molecule has 7 heteroatoms. The van der Waals surface area contributed by atoms with Crippen LogP contribution >= 0.6 is 0 Å². The molecule has 2 amide bonds. The molecule has 17 heavy (non-hydrogen) atoms. The fraction of sp³-hybridized carbons (Fsp3) is 0.800. The van der Waals surface area contributed by atoms with E-state index < -0.39 is 12.2 Å². The summed E-state index contributed by atoms with van der Waals surface area (Å²) in [5.74, 6) is 0.709. The smallest absolute Gasteiger partial charge is 0.530 e. The summed E-state index contributed by atoms with van der Waals surface area (Å²) >= 11 is 0. The van der Waals surface area contributed by atoms with Crippen molar-refractivity contribution in [2.75, 3.05) is 13.1 Å². The average Bonchev–Trinajstić information content (AvgIpc) is 2.12. The summed E-state index contributed by atoms with van der Waals surface area (Å²) in [5.41, 5.74) is 0. The molecule has 6 nitrogen and oxygen atoms in total. The molecule has 0 spiro atoms. The molecule has 0 rings (SSSR count). The third-order valence-electron chi connectivity index (χ3n) is 1.31. The first-order valence-electron chi connectivity index (χ1n) is 5.15. The van der Waals surface area contributed by atoms with Gasteiger partial charge in [0.1, 0.15) is 12.2 Å². The Hall–Kier alpha value is -0.837. The summed E-state index contributed by atoms with van der Waals surface area (Å²) in [6.45, 7) is 8.66. The van der Waals surface area contributed by atoms with Gasteiger partial charge in [-0.3, -0.25) is 0 Å². The summed E-state index contributed by atoms with van der Waals surface area (Å²) in [4.78, 5) is 19.4. The molecule has 2 N–H and O–H groups in total. The molecular weight excluding hydrogens is 278 g/mol. The third-order valence-corrected chi connectivity index (χ3v) is 1.31. The van der Waals surface area contributed by atoms with Crippen molar-refractivity contribution >= 4 is 12.2 Å². The average molecular weight is 298 g/mol. The number of carbonyl (C=O) groups is 2. The van der Waals surface area contributed by atoms with Crippen LogP contribution in [0.5, 0.6) is 0 Å². The molecule has 0 aliphatic heterocycles. The quantitative estimate of drug-likeness (QED) is 0.659. The largest absolute Gasteiger partial charge is 2.00 e. The Labute approximate surface area is 115 Å². The van der Waals surface area contributed by atoms with Gasteiger partial charge in [-0.1, -0.05) is 27.7 Å². The molecule has 96 valence electrons. The molecule has 0 aromatic carbocycles. The van der Waals surface area contributed by atoms with Gasteiger partial charge in [-0.05, 0) is 11.8 Å². The minimum Gasteiger partial charge on any atom is -0.530 e. The van der Waals surface area contributed by atoms with Crippen LogP contribution in [-0.4, -0.2) is 25.3 Å². The van der Waals surface area contributed by atoms with Crippen molar-refractivity contribution in [3.05, 3.63) is 0 Å². The van der Waals surface area contributed by atoms with E-state index in [1.165, 1.54) is 0 Å². The SMILES string of the molecule is CC(C)CNC(=O)[O-].CC(C)CNC(=O)[O-].[Zn+2]. The molecule has 0 fully saturated rings. The Balaban J connectivity index is -0.000000218. The van der Waals surface area contributed by atoms with E-state index in [1.807, 2.05) is 27.7 Å². The zero-order chi connectivity index (χ0) is 13.1. The van der Waals surface area contributed by atoms with Gasteiger partial charge >= 0.3 is 19.5 Å². The number of amides is 2. The number of hydrogen-bond donors (Lipinski definition) is 2. The Bertz CT molecular complexity index is 188. The van der Waals surface area contributed by atoms with Crippen molar-refractivity contribution in [1.82, 2.24) is 10.6 Å². The molecular formula is C10H20N2O4Zn. The zero-order valence-corrected chi connectivity index (χ0v) is 13.9. The number of hydrogen-bond acceptors (Lipinski definition) is 4. The van der Waals surface area contributed by atoms with Crippen molar-refractivity contribution in [2.45, 2.75) is 27.7 Å². The van der Waals surface area contributed by atoms with E-state index in [1.54, 1.807) is 0 Å². The van der Waals surface area contributed by atoms with Crippen LogP contribution in [0.25, 0.3) is 0 Å². The Kier molecular flexibility index (Phi) is 16.7. The molecule has 0 heterocycles. The first kappa shape index (κ1) is 21.4. The molecule has 0 saturated carbocycles. The van der Waals surface area contributed by atoms with E-state index in [2.05, 4.69) is 10.6 Å². The Morgan fingerprint density at radius 1 is 0.882 bits per heavy atom. The Morgan fingerprint density at radius 2 is 1.12 bits per heavy atom. The number of carbonyl (C=O) groups excluding carboxylic acids is 2. The van der Waals surface area contributed by atoms with Crippen LogP contribution < -0.4 is 20.8 Å². The van der Waals surface area contributed by atoms with Gasteiger partial charge in [0.05, 0.1) is 0 Å². The molecule has 0 aromatic rings. The van der Waals surface area contributed by atoms with Crippen LogP contribution in [0.3, 0.4) is 0 Å². The monoisotopic (exact) mass is 296 g/mol. The zero-order valence-electron chi connectivity index (χ0n) is 10.9. The maximum atomic E-state index is 9.68. The fourth-order valence-electron chi connectivity index (χ4n) is 0.575. The van der Waals surface area contributed by atoms with E-state index in [9.17, 15) is 19.8 Å². The normalized spacial score (nSPS) is 8.82. The third kappa shape index (κ3) is 31.3. The predicted octanol–water partition coefficient (Wildman–Crippen LogP) is -0.852. The van der Waals surface area contributed by atoms with Crippen LogP contribution in [0.15, 0.2) is 0 Å². The predicted molar refractivity (Wildman–Crippen MR) is 56.5 cm³/mol. The number of rotatable bonds is 4. The molecule has 0 aromatic heterocycles. The summed E-state index contributed by atoms with van der Waals surface area (Å²) in [7, 11) is 0. The van der Waals surface area contributed by atoms with Gasteiger partial charge in [-0.2, -0.15) is 0 Å². The Morgan fingerprint density at radius 3 is 1.18 bits per heavy atom. The van der Waals surface area contributed by atoms with Crippen LogP contribution in [0.4, 0.5) is 9.59 Å². The maximum absolute atomic E-state index is 9.68. The van der Waals surface area contributed by atoms with Crippen LogP contribution in [0.1, 0.15) is 27.7 Å². The van der Waals surface area contributed by atoms with Gasteiger partial charge in [0, 0.05) is 13.1 Å². The maximum Gasteiger partial charge on any atom is 2.00 e. The van der Waals surface area contributed by atoms with Gasteiger partial charge in [-0.25, -0.2) is 0 Å². The van der Waals surface area contributed by atoms with Crippen molar-refractivity contribution in [3.8, 4) is 0 Å². The van der Waals surface area contributed by atoms with E-state index >= 15 is 0 Å². The minimum atomic E-state index is -1.20. The minimum absolute atomic E-state index is 0. The second kappa shape index (κ2) is 13.2. The molecule has 0 atom stereocenters. The van der Waals surface area contributed by atoms with Crippen molar-refractivity contribution < 1.29 is 39.3 Å². The van der Waals surface area contributed by atoms with E-state index in [0.29, 0.717) is 24.9 Å². The molecule has 0 aliphatic rings. The van der Waals surface area contributed by atoms with Gasteiger partial charge in [0.25, 0.3) is 0 Å². The molecule has 0 radical (unpaired) electrons. The van der Waals surface area contributed by atoms with E-state index in [-0.39, 0.29) is 19.5 Å². The first-order valence-corrected chi connectivity index (χ1v) is 5.15. The van der Waals surface area contributed by atoms with Crippen LogP contribution in [0.2, 0.25) is 0 Å². The molecule has 0 bridgehead atoms. The topological polar surface area (TPSA) is 104 Å². The fourth-order valence-corrected chi connectivity index (χ4v) is 0.575. The second-order valence-electron chi connectivity index (χ2n) is 4.12. The first-order chi connectivity index (χ1) is 7.25. The van der Waals surface area contributed by atoms with Gasteiger partial charge in [-0.15, -0.1) is 0 Å². The van der Waals surface area contributed by atoms with Crippen LogP contribution in [-0.2, 0) is 19.5 Å². The van der Waals surface area contributed by atoms with Crippen molar-refractivity contribution in [3.63, 3.8) is 0 Å². The number of carboxylic acid groups (broad SMARTS) is 2. The van der Waals surface area contributed by atoms with Gasteiger partial charge < -0.3 is 30.4 Å². The van der Waals surface area contributed by atoms with Gasteiger partial charge in [0.2, 0.25) is 0 Å². The second-order valence-corrected chi connectivity index (χ2v) is 4.12. The van der Waals surface area contributed by atoms with Gasteiger partial charge in [0.15, 0.2) is 0 Å². The standard InChI is InChI=1S/2C5H11NO2.Zn/c2*1-4(2)3-6-5(7)8;/h2*4,6H,3H2,1-2H3,(H,7,8);/q;;+2/p-2. The summed E-state index contributed by atoms with van der Waals surface area (Å²) < 4.78 is 0. The van der Waals surface area contributed by atoms with Crippen LogP contribution in [0, 0.1) is 11.8 Å². The molecule has 0 unspecified atom stereocenters. The van der Waals surface area contributed by atoms with Crippen molar-refractivity contribution in [2.24, 2.45) is 11.8 Å². The summed E-state index contributed by atoms with van der Waals surface area (Å²) in [6, 6.07) is 0. The van der Waals surface area contributed by atoms with E-state index in [0.717, 1.165) is 0 Å². The summed E-state index contributed by atoms with van der Waals surface area (Å²) in [6.07, 6.45) is -2.39. The van der Waals surface area contributed by atoms with Crippen molar-refractivity contribution in [1.29, 1.82) is 0 Å². The molecule has 0 saturated heterocycles. The summed E-state index contributed by atoms with van der Waals surface area (Å²) in [5, 5.41) is 23.7.